The first-order chi connectivity index (χ1) is 38.0. The fourth-order valence-electron chi connectivity index (χ4n) is 8.06. The molecule has 0 aliphatic rings. The van der Waals surface area contributed by atoms with Gasteiger partial charge in [0.25, 0.3) is 0 Å². The highest BCUT2D eigenvalue weighted by molar-refractivity contribution is 6.76. The zero-order valence-electron chi connectivity index (χ0n) is 48.6. The fraction of sp³-hybridized carbons (Fsp3) is 0.393. The van der Waals surface area contributed by atoms with E-state index < -0.39 is 34.2 Å². The summed E-state index contributed by atoms with van der Waals surface area (Å²) < 4.78 is 52.0. The van der Waals surface area contributed by atoms with Crippen molar-refractivity contribution in [3.63, 3.8) is 0 Å². The van der Waals surface area contributed by atoms with Crippen LogP contribution in [0.2, 0.25) is 51.4 Å². The molecule has 8 aromatic rings. The van der Waals surface area contributed by atoms with Gasteiger partial charge in [0.1, 0.15) is 26.1 Å². The monoisotopic (exact) mass is 1140 g/mol. The molecule has 0 spiro atoms. The number of benzene rings is 4. The van der Waals surface area contributed by atoms with Crippen LogP contribution in [0.4, 0.5) is 13.2 Å². The Labute approximate surface area is 474 Å². The largest absolute Gasteiger partial charge is 0.478 e. The first-order valence-electron chi connectivity index (χ1n) is 27.0. The summed E-state index contributed by atoms with van der Waals surface area (Å²) in [6.07, 6.45) is 2.78. The van der Waals surface area contributed by atoms with Crippen molar-refractivity contribution in [2.75, 3.05) is 13.2 Å². The molecule has 0 unspecified atom stereocenters. The van der Waals surface area contributed by atoms with E-state index in [-0.39, 0.29) is 23.2 Å². The minimum Gasteiger partial charge on any atom is -0.478 e. The van der Waals surface area contributed by atoms with Crippen molar-refractivity contribution < 1.29 is 42.1 Å². The normalized spacial score (nSPS) is 12.1. The molecule has 20 heteroatoms. The highest BCUT2D eigenvalue weighted by atomic mass is 28.3. The molecule has 15 nitrogen and oxygen atoms in total. The van der Waals surface area contributed by atoms with Gasteiger partial charge in [-0.25, -0.2) is 34.1 Å². The number of carboxylic acids is 1. The number of alkyl halides is 3. The Morgan fingerprint density at radius 2 is 0.975 bits per heavy atom. The summed E-state index contributed by atoms with van der Waals surface area (Å²) in [5.74, 6) is -2.67. The molecular weight excluding hydrogens is 1070 g/mol. The maximum atomic E-state index is 12.7. The number of aryl methyl sites for hydroxylation is 1. The number of carbonyl (C=O) groups is 3. The first-order valence-corrected chi connectivity index (χ1v) is 34.4. The highest BCUT2D eigenvalue weighted by Gasteiger charge is 2.38. The molecule has 2 N–H and O–H groups in total. The zero-order valence-corrected chi connectivity index (χ0v) is 50.6. The highest BCUT2D eigenvalue weighted by Crippen LogP contribution is 2.29. The predicted octanol–water partition coefficient (Wildman–Crippen LogP) is 13.6. The van der Waals surface area contributed by atoms with Gasteiger partial charge in [-0.05, 0) is 63.7 Å². The SMILES string of the molecule is CC(C)(C)c1ccc(C(=O)CCc2ccc(-c3ncnc4c3cnn4COCC[Si](C)(C)C)cc2)cc1.CC(C)(C)c1ccc(C(=O)O)cc1.C[Si](C)(C)CCOCn1ncc2c(-c3ccc(CNC(=O)C(F)(F)F)cc3)ncnc21. The van der Waals surface area contributed by atoms with E-state index >= 15 is 0 Å². The second-order valence-corrected chi connectivity index (χ2v) is 35.6. The average Bonchev–Trinajstić information content (AvgIpc) is 4.21. The topological polar surface area (TPSA) is 189 Å². The van der Waals surface area contributed by atoms with E-state index in [2.05, 4.69) is 147 Å². The molecule has 0 bridgehead atoms. The molecule has 0 aliphatic carbocycles. The van der Waals surface area contributed by atoms with E-state index in [4.69, 9.17) is 14.6 Å². The fourth-order valence-corrected chi connectivity index (χ4v) is 9.57. The molecule has 0 atom stereocenters. The lowest BCUT2D eigenvalue weighted by Crippen LogP contribution is -2.36. The summed E-state index contributed by atoms with van der Waals surface area (Å²) in [6.45, 7) is 28.6. The van der Waals surface area contributed by atoms with Crippen molar-refractivity contribution in [2.45, 2.75) is 143 Å². The molecule has 430 valence electrons. The molecule has 1 amide bonds. The number of ketones is 1. The van der Waals surface area contributed by atoms with Crippen LogP contribution >= 0.6 is 0 Å². The van der Waals surface area contributed by atoms with Crippen molar-refractivity contribution in [1.29, 1.82) is 0 Å². The number of ether oxygens (including phenoxy) is 2. The lowest BCUT2D eigenvalue weighted by atomic mass is 9.86. The summed E-state index contributed by atoms with van der Waals surface area (Å²) >= 11 is 0. The van der Waals surface area contributed by atoms with Crippen molar-refractivity contribution in [2.24, 2.45) is 0 Å². The summed E-state index contributed by atoms with van der Waals surface area (Å²) in [4.78, 5) is 51.9. The molecular formula is C61H76F3N9O6Si2. The lowest BCUT2D eigenvalue weighted by molar-refractivity contribution is -0.173. The van der Waals surface area contributed by atoms with E-state index in [9.17, 15) is 27.6 Å². The van der Waals surface area contributed by atoms with Crippen LogP contribution in [-0.4, -0.2) is 97.8 Å². The number of Topliss-reactive ketones (excluding diaryl/α,β-unsaturated/α-hetero) is 1. The van der Waals surface area contributed by atoms with Gasteiger partial charge in [-0.15, -0.1) is 0 Å². The maximum absolute atomic E-state index is 12.7. The number of rotatable bonds is 19. The molecule has 4 aromatic heterocycles. The maximum Gasteiger partial charge on any atom is 0.471 e. The van der Waals surface area contributed by atoms with Crippen LogP contribution in [0.3, 0.4) is 0 Å². The minimum absolute atomic E-state index is 0.0804. The Kier molecular flexibility index (Phi) is 21.0. The number of aromatic nitrogens is 8. The number of carboxylic acid groups (broad SMARTS) is 1. The Balaban J connectivity index is 0.000000216. The number of halogens is 3. The number of fused-ring (bicyclic) bond motifs is 2. The van der Waals surface area contributed by atoms with Crippen LogP contribution in [-0.2, 0) is 51.5 Å². The van der Waals surface area contributed by atoms with E-state index in [0.29, 0.717) is 55.4 Å². The third-order valence-electron chi connectivity index (χ3n) is 13.2. The van der Waals surface area contributed by atoms with Crippen LogP contribution < -0.4 is 5.32 Å². The van der Waals surface area contributed by atoms with Crippen LogP contribution in [0.15, 0.2) is 122 Å². The molecule has 4 aromatic carbocycles. The summed E-state index contributed by atoms with van der Waals surface area (Å²) in [5.41, 5.74) is 10.00. The van der Waals surface area contributed by atoms with Gasteiger partial charge in [-0.2, -0.15) is 23.4 Å². The van der Waals surface area contributed by atoms with Crippen LogP contribution in [0.5, 0.6) is 0 Å². The zero-order chi connectivity index (χ0) is 59.3. The van der Waals surface area contributed by atoms with Gasteiger partial charge in [0.2, 0.25) is 0 Å². The van der Waals surface area contributed by atoms with Crippen LogP contribution in [0.25, 0.3) is 44.6 Å². The number of aromatic carboxylic acids is 1. The molecule has 0 radical (unpaired) electrons. The van der Waals surface area contributed by atoms with Crippen molar-refractivity contribution in [3.05, 3.63) is 155 Å². The first kappa shape index (κ1) is 62.9. The second kappa shape index (κ2) is 27.0. The predicted molar refractivity (Wildman–Crippen MR) is 318 cm³/mol. The van der Waals surface area contributed by atoms with Gasteiger partial charge in [-0.3, -0.25) is 9.59 Å². The Bertz CT molecular complexity index is 3360. The van der Waals surface area contributed by atoms with E-state index in [0.717, 1.165) is 68.6 Å². The standard InChI is InChI=1S/C30H38N4O2Si.C20H24F3N5O2Si.C11H14O2/c1-30(2,3)25-14-12-23(13-15-25)27(35)16-9-22-7-10-24(11-8-22)28-26-19-33-34(29(26)32-20-31-28)21-36-17-18-37(4,5)6;1-31(2,3)9-8-30-13-28-18-16(11-27-28)17(25-12-26-18)15-6-4-14(5-7-15)10-24-19(29)20(21,22)23;1-11(2,3)9-6-4-8(5-7-9)10(12)13/h7-8,10-15,19-20H,9,16-18,21H2,1-6H3;4-7,11-12H,8-10,13H2,1-3H3,(H,24,29);4-7H,1-3H3,(H,12,13). The third kappa shape index (κ3) is 18.9. The van der Waals surface area contributed by atoms with Crippen LogP contribution in [0, 0.1) is 0 Å². The van der Waals surface area contributed by atoms with Gasteiger partial charge in [0.05, 0.1) is 40.1 Å². The van der Waals surface area contributed by atoms with Gasteiger partial charge >= 0.3 is 18.1 Å². The summed E-state index contributed by atoms with van der Waals surface area (Å²) in [5, 5.41) is 21.0. The van der Waals surface area contributed by atoms with Gasteiger partial charge in [0.15, 0.2) is 17.1 Å². The second-order valence-electron chi connectivity index (χ2n) is 24.4. The Morgan fingerprint density at radius 3 is 1.36 bits per heavy atom. The van der Waals surface area contributed by atoms with Gasteiger partial charge in [0, 0.05) is 59.0 Å². The van der Waals surface area contributed by atoms with Crippen molar-refractivity contribution in [3.8, 4) is 22.5 Å². The number of hydrogen-bond donors (Lipinski definition) is 2. The number of nitrogens with zero attached hydrogens (tertiary/aromatic N) is 8. The molecule has 81 heavy (non-hydrogen) atoms. The van der Waals surface area contributed by atoms with Crippen molar-refractivity contribution in [1.82, 2.24) is 44.8 Å². The van der Waals surface area contributed by atoms with E-state index in [1.165, 1.54) is 11.9 Å². The Hall–Kier alpha value is -7.27. The van der Waals surface area contributed by atoms with Crippen LogP contribution in [0.1, 0.15) is 90.9 Å². The minimum atomic E-state index is -4.90. The Morgan fingerprint density at radius 1 is 0.568 bits per heavy atom. The number of nitrogens with one attached hydrogen (secondary N) is 1. The van der Waals surface area contributed by atoms with Gasteiger partial charge in [-0.1, -0.05) is 166 Å². The molecule has 0 fully saturated rings. The molecule has 4 heterocycles. The van der Waals surface area contributed by atoms with Gasteiger partial charge < -0.3 is 19.9 Å². The molecule has 0 saturated carbocycles. The third-order valence-corrected chi connectivity index (χ3v) is 16.6. The smallest absolute Gasteiger partial charge is 0.471 e. The number of amides is 1. The summed E-state index contributed by atoms with van der Waals surface area (Å²) in [7, 11) is -2.30. The molecule has 8 rings (SSSR count). The molecule has 0 aliphatic heterocycles. The van der Waals surface area contributed by atoms with E-state index in [1.807, 2.05) is 35.8 Å². The lowest BCUT2D eigenvalue weighted by Gasteiger charge is -2.19. The molecule has 0 saturated heterocycles. The number of hydrogen-bond acceptors (Lipinski definition) is 11. The van der Waals surface area contributed by atoms with E-state index in [1.54, 1.807) is 58.3 Å². The number of carbonyl (C=O) groups excluding carboxylic acids is 2. The van der Waals surface area contributed by atoms with Crippen molar-refractivity contribution >= 4 is 55.9 Å². The average molecular weight is 1140 g/mol. The summed E-state index contributed by atoms with van der Waals surface area (Å²) in [6, 6.07) is 32.2. The quantitative estimate of drug-likeness (QED) is 0.0443.